The summed E-state index contributed by atoms with van der Waals surface area (Å²) in [7, 11) is 0. The van der Waals surface area contributed by atoms with Gasteiger partial charge in [0.2, 0.25) is 5.91 Å². The number of amides is 3. The van der Waals surface area contributed by atoms with Gasteiger partial charge in [0.25, 0.3) is 0 Å². The number of carboxylic acid groups (broad SMARTS) is 1. The number of aliphatic carboxylic acids is 1. The van der Waals surface area contributed by atoms with E-state index in [0.717, 1.165) is 0 Å². The van der Waals surface area contributed by atoms with E-state index in [-0.39, 0.29) is 24.8 Å². The van der Waals surface area contributed by atoms with Crippen molar-refractivity contribution in [2.24, 2.45) is 11.7 Å². The molecule has 0 aliphatic rings. The van der Waals surface area contributed by atoms with Gasteiger partial charge in [0, 0.05) is 12.5 Å². The van der Waals surface area contributed by atoms with E-state index >= 15 is 0 Å². The average Bonchev–Trinajstić information content (AvgIpc) is 2.23. The van der Waals surface area contributed by atoms with Crippen LogP contribution in [0.15, 0.2) is 0 Å². The fraction of sp³-hybridized carbons (Fsp3) is 0.727. The van der Waals surface area contributed by atoms with E-state index in [1.54, 1.807) is 0 Å². The predicted molar refractivity (Wildman–Crippen MR) is 65.8 cm³/mol. The number of carboxylic acids is 1. The highest BCUT2D eigenvalue weighted by atomic mass is 16.4. The van der Waals surface area contributed by atoms with Crippen LogP contribution >= 0.6 is 0 Å². The molecule has 0 aromatic heterocycles. The minimum atomic E-state index is -1.19. The van der Waals surface area contributed by atoms with Crippen molar-refractivity contribution in [3.63, 3.8) is 0 Å². The van der Waals surface area contributed by atoms with Gasteiger partial charge in [-0.25, -0.2) is 9.59 Å². The lowest BCUT2D eigenvalue weighted by atomic mass is 10.1. The first-order valence-corrected chi connectivity index (χ1v) is 5.82. The quantitative estimate of drug-likeness (QED) is 0.516. The molecule has 2 atom stereocenters. The van der Waals surface area contributed by atoms with Crippen molar-refractivity contribution in [1.82, 2.24) is 10.6 Å². The minimum absolute atomic E-state index is 0.0197. The Morgan fingerprint density at radius 3 is 2.11 bits per heavy atom. The molecule has 0 heterocycles. The molecule has 0 saturated heterocycles. The summed E-state index contributed by atoms with van der Waals surface area (Å²) < 4.78 is 0. The number of carbonyl (C=O) groups is 3. The molecule has 0 bridgehead atoms. The molecule has 104 valence electrons. The SMILES string of the molecule is CC(C)C(C)NC(=O)N[C@@H](CCC(N)=O)C(=O)O. The summed E-state index contributed by atoms with van der Waals surface area (Å²) in [4.78, 5) is 33.0. The lowest BCUT2D eigenvalue weighted by Crippen LogP contribution is -2.49. The van der Waals surface area contributed by atoms with Gasteiger partial charge in [-0.1, -0.05) is 13.8 Å². The van der Waals surface area contributed by atoms with Crippen LogP contribution in [-0.2, 0) is 9.59 Å². The zero-order chi connectivity index (χ0) is 14.3. The molecule has 0 aromatic rings. The van der Waals surface area contributed by atoms with Crippen molar-refractivity contribution in [2.75, 3.05) is 0 Å². The summed E-state index contributed by atoms with van der Waals surface area (Å²) in [6.07, 6.45) is -0.106. The number of nitrogens with one attached hydrogen (secondary N) is 2. The Hall–Kier alpha value is -1.79. The summed E-state index contributed by atoms with van der Waals surface area (Å²) in [5.74, 6) is -1.55. The van der Waals surface area contributed by atoms with E-state index in [1.807, 2.05) is 20.8 Å². The molecule has 0 aliphatic carbocycles. The van der Waals surface area contributed by atoms with Gasteiger partial charge >= 0.3 is 12.0 Å². The van der Waals surface area contributed by atoms with Gasteiger partial charge in [-0.15, -0.1) is 0 Å². The Kier molecular flexibility index (Phi) is 6.77. The smallest absolute Gasteiger partial charge is 0.326 e. The number of hydrogen-bond acceptors (Lipinski definition) is 3. The molecule has 7 heteroatoms. The second-order valence-corrected chi connectivity index (χ2v) is 4.55. The second kappa shape index (κ2) is 7.52. The second-order valence-electron chi connectivity index (χ2n) is 4.55. The van der Waals surface area contributed by atoms with Gasteiger partial charge in [-0.05, 0) is 19.3 Å². The topological polar surface area (TPSA) is 122 Å². The molecule has 7 nitrogen and oxygen atoms in total. The van der Waals surface area contributed by atoms with Crippen molar-refractivity contribution in [2.45, 2.75) is 45.7 Å². The van der Waals surface area contributed by atoms with Crippen LogP contribution in [0.2, 0.25) is 0 Å². The summed E-state index contributed by atoms with van der Waals surface area (Å²) in [5, 5.41) is 13.8. The first-order chi connectivity index (χ1) is 8.23. The Bertz CT molecular complexity index is 317. The lowest BCUT2D eigenvalue weighted by Gasteiger charge is -2.20. The van der Waals surface area contributed by atoms with Crippen LogP contribution in [0, 0.1) is 5.92 Å². The normalized spacial score (nSPS) is 13.8. The van der Waals surface area contributed by atoms with Crippen molar-refractivity contribution in [3.05, 3.63) is 0 Å². The number of rotatable bonds is 7. The van der Waals surface area contributed by atoms with Crippen LogP contribution in [0.1, 0.15) is 33.6 Å². The number of primary amides is 1. The monoisotopic (exact) mass is 259 g/mol. The highest BCUT2D eigenvalue weighted by Gasteiger charge is 2.21. The summed E-state index contributed by atoms with van der Waals surface area (Å²) in [6, 6.07) is -1.75. The Morgan fingerprint density at radius 1 is 1.17 bits per heavy atom. The minimum Gasteiger partial charge on any atom is -0.480 e. The summed E-state index contributed by atoms with van der Waals surface area (Å²) in [5.41, 5.74) is 4.93. The van der Waals surface area contributed by atoms with E-state index in [0.29, 0.717) is 0 Å². The fourth-order valence-corrected chi connectivity index (χ4v) is 1.12. The molecular formula is C11H21N3O4. The highest BCUT2D eigenvalue weighted by Crippen LogP contribution is 2.01. The van der Waals surface area contributed by atoms with E-state index in [2.05, 4.69) is 10.6 Å². The summed E-state index contributed by atoms with van der Waals surface area (Å²) in [6.45, 7) is 5.70. The third kappa shape index (κ3) is 6.72. The van der Waals surface area contributed by atoms with E-state index in [9.17, 15) is 14.4 Å². The van der Waals surface area contributed by atoms with Crippen molar-refractivity contribution in [1.29, 1.82) is 0 Å². The molecule has 0 fully saturated rings. The molecule has 0 saturated carbocycles. The molecule has 0 aromatic carbocycles. The molecular weight excluding hydrogens is 238 g/mol. The van der Waals surface area contributed by atoms with Crippen LogP contribution in [0.5, 0.6) is 0 Å². The van der Waals surface area contributed by atoms with Gasteiger partial charge < -0.3 is 21.5 Å². The van der Waals surface area contributed by atoms with Crippen LogP contribution in [0.4, 0.5) is 4.79 Å². The standard InChI is InChI=1S/C11H21N3O4/c1-6(2)7(3)13-11(18)14-8(10(16)17)4-5-9(12)15/h6-8H,4-5H2,1-3H3,(H2,12,15)(H,16,17)(H2,13,14,18)/t7?,8-/m0/s1. The van der Waals surface area contributed by atoms with Crippen molar-refractivity contribution in [3.8, 4) is 0 Å². The number of hydrogen-bond donors (Lipinski definition) is 4. The highest BCUT2D eigenvalue weighted by molar-refractivity contribution is 5.83. The molecule has 0 aliphatic heterocycles. The molecule has 3 amide bonds. The van der Waals surface area contributed by atoms with Crippen molar-refractivity contribution >= 4 is 17.9 Å². The average molecular weight is 259 g/mol. The molecule has 0 spiro atoms. The Morgan fingerprint density at radius 2 is 1.72 bits per heavy atom. The molecule has 1 unspecified atom stereocenters. The third-order valence-corrected chi connectivity index (χ3v) is 2.64. The van der Waals surface area contributed by atoms with E-state index < -0.39 is 23.9 Å². The van der Waals surface area contributed by atoms with E-state index in [4.69, 9.17) is 10.8 Å². The van der Waals surface area contributed by atoms with Gasteiger partial charge in [0.1, 0.15) is 6.04 Å². The first-order valence-electron chi connectivity index (χ1n) is 5.82. The Labute approximate surface area is 106 Å². The van der Waals surface area contributed by atoms with Crippen molar-refractivity contribution < 1.29 is 19.5 Å². The van der Waals surface area contributed by atoms with E-state index in [1.165, 1.54) is 0 Å². The maximum absolute atomic E-state index is 11.5. The number of nitrogens with two attached hydrogens (primary N) is 1. The zero-order valence-electron chi connectivity index (χ0n) is 10.9. The molecule has 18 heavy (non-hydrogen) atoms. The molecule has 0 rings (SSSR count). The van der Waals surface area contributed by atoms with Crippen LogP contribution in [0.3, 0.4) is 0 Å². The van der Waals surface area contributed by atoms with Crippen LogP contribution in [0.25, 0.3) is 0 Å². The molecule has 0 radical (unpaired) electrons. The van der Waals surface area contributed by atoms with Gasteiger partial charge in [0.05, 0.1) is 0 Å². The van der Waals surface area contributed by atoms with Crippen LogP contribution < -0.4 is 16.4 Å². The lowest BCUT2D eigenvalue weighted by molar-refractivity contribution is -0.139. The fourth-order valence-electron chi connectivity index (χ4n) is 1.12. The van der Waals surface area contributed by atoms with Crippen LogP contribution in [-0.4, -0.2) is 35.1 Å². The van der Waals surface area contributed by atoms with Gasteiger partial charge in [-0.3, -0.25) is 4.79 Å². The van der Waals surface area contributed by atoms with Gasteiger partial charge in [-0.2, -0.15) is 0 Å². The maximum Gasteiger partial charge on any atom is 0.326 e. The summed E-state index contributed by atoms with van der Waals surface area (Å²) >= 11 is 0. The number of carbonyl (C=O) groups excluding carboxylic acids is 2. The Balaban J connectivity index is 4.28. The predicted octanol–water partition coefficient (Wildman–Crippen LogP) is 0.0488. The molecule has 5 N–H and O–H groups in total. The first kappa shape index (κ1) is 16.2. The third-order valence-electron chi connectivity index (χ3n) is 2.64. The van der Waals surface area contributed by atoms with Gasteiger partial charge in [0.15, 0.2) is 0 Å². The largest absolute Gasteiger partial charge is 0.480 e. The number of urea groups is 1. The zero-order valence-corrected chi connectivity index (χ0v) is 10.9. The maximum atomic E-state index is 11.5.